The smallest absolute Gasteiger partial charge is 0.304 e. The molecular formula is C14H18O4. The minimum absolute atomic E-state index is 0.168. The molecule has 98 valence electrons. The molecule has 0 saturated heterocycles. The Labute approximate surface area is 107 Å². The standard InChI is InChI=1S/C14H18O4/c1-4-10-5-6-12(18-3)11(8-10)14(17)9(2)7-13(15)16/h5-6,8-9H,4,7H2,1-3H3,(H,15,16). The first-order valence-corrected chi connectivity index (χ1v) is 5.92. The minimum Gasteiger partial charge on any atom is -0.496 e. The van der Waals surface area contributed by atoms with Crippen LogP contribution in [-0.2, 0) is 11.2 Å². The molecule has 0 aliphatic rings. The molecule has 1 unspecified atom stereocenters. The molecule has 0 spiro atoms. The summed E-state index contributed by atoms with van der Waals surface area (Å²) in [6.45, 7) is 3.62. The van der Waals surface area contributed by atoms with Crippen LogP contribution in [0.4, 0.5) is 0 Å². The molecule has 0 aromatic heterocycles. The van der Waals surface area contributed by atoms with E-state index in [1.807, 2.05) is 13.0 Å². The maximum absolute atomic E-state index is 12.2. The lowest BCUT2D eigenvalue weighted by Gasteiger charge is -2.12. The van der Waals surface area contributed by atoms with Crippen molar-refractivity contribution in [2.75, 3.05) is 7.11 Å². The van der Waals surface area contributed by atoms with E-state index in [1.54, 1.807) is 19.1 Å². The van der Waals surface area contributed by atoms with Crippen LogP contribution >= 0.6 is 0 Å². The molecule has 1 aromatic rings. The van der Waals surface area contributed by atoms with E-state index < -0.39 is 11.9 Å². The summed E-state index contributed by atoms with van der Waals surface area (Å²) in [4.78, 5) is 22.8. The Kier molecular flexibility index (Phi) is 4.89. The summed E-state index contributed by atoms with van der Waals surface area (Å²) in [5.74, 6) is -1.22. The van der Waals surface area contributed by atoms with Crippen LogP contribution in [0.5, 0.6) is 5.75 Å². The Morgan fingerprint density at radius 2 is 2.06 bits per heavy atom. The van der Waals surface area contributed by atoms with Crippen LogP contribution in [0.25, 0.3) is 0 Å². The first kappa shape index (κ1) is 14.2. The van der Waals surface area contributed by atoms with Crippen LogP contribution in [0.1, 0.15) is 36.2 Å². The molecule has 0 bridgehead atoms. The van der Waals surface area contributed by atoms with Gasteiger partial charge >= 0.3 is 5.97 Å². The molecule has 0 heterocycles. The summed E-state index contributed by atoms with van der Waals surface area (Å²) in [6, 6.07) is 5.43. The van der Waals surface area contributed by atoms with Crippen molar-refractivity contribution in [1.29, 1.82) is 0 Å². The number of aliphatic carboxylic acids is 1. The van der Waals surface area contributed by atoms with Crippen LogP contribution in [0, 0.1) is 5.92 Å². The molecule has 0 radical (unpaired) electrons. The second-order valence-electron chi connectivity index (χ2n) is 4.25. The number of carboxylic acids is 1. The lowest BCUT2D eigenvalue weighted by molar-refractivity contribution is -0.137. The summed E-state index contributed by atoms with van der Waals surface area (Å²) in [6.07, 6.45) is 0.649. The number of ketones is 1. The van der Waals surface area contributed by atoms with Gasteiger partial charge in [-0.15, -0.1) is 0 Å². The second-order valence-corrected chi connectivity index (χ2v) is 4.25. The second kappa shape index (κ2) is 6.19. The van der Waals surface area contributed by atoms with Crippen LogP contribution in [0.15, 0.2) is 18.2 Å². The van der Waals surface area contributed by atoms with Crippen LogP contribution in [-0.4, -0.2) is 24.0 Å². The van der Waals surface area contributed by atoms with E-state index in [0.29, 0.717) is 11.3 Å². The SMILES string of the molecule is CCc1ccc(OC)c(C(=O)C(C)CC(=O)O)c1. The van der Waals surface area contributed by atoms with Crippen LogP contribution in [0.3, 0.4) is 0 Å². The van der Waals surface area contributed by atoms with Crippen molar-refractivity contribution < 1.29 is 19.4 Å². The molecule has 1 aromatic carbocycles. The maximum atomic E-state index is 12.2. The van der Waals surface area contributed by atoms with Crippen molar-refractivity contribution in [2.45, 2.75) is 26.7 Å². The highest BCUT2D eigenvalue weighted by molar-refractivity contribution is 6.01. The number of hydrogen-bond donors (Lipinski definition) is 1. The number of carbonyl (C=O) groups excluding carboxylic acids is 1. The summed E-state index contributed by atoms with van der Waals surface area (Å²) in [5, 5.41) is 8.72. The molecule has 1 rings (SSSR count). The van der Waals surface area contributed by atoms with E-state index in [4.69, 9.17) is 9.84 Å². The van der Waals surface area contributed by atoms with E-state index >= 15 is 0 Å². The van der Waals surface area contributed by atoms with E-state index in [1.165, 1.54) is 7.11 Å². The van der Waals surface area contributed by atoms with Gasteiger partial charge in [-0.05, 0) is 24.1 Å². The quantitative estimate of drug-likeness (QED) is 0.788. The Morgan fingerprint density at radius 3 is 2.56 bits per heavy atom. The minimum atomic E-state index is -0.971. The van der Waals surface area contributed by atoms with Crippen molar-refractivity contribution >= 4 is 11.8 Å². The lowest BCUT2D eigenvalue weighted by Crippen LogP contribution is -2.16. The molecule has 18 heavy (non-hydrogen) atoms. The van der Waals surface area contributed by atoms with Gasteiger partial charge in [0.05, 0.1) is 19.1 Å². The molecular weight excluding hydrogens is 232 g/mol. The van der Waals surface area contributed by atoms with Gasteiger partial charge < -0.3 is 9.84 Å². The number of methoxy groups -OCH3 is 1. The largest absolute Gasteiger partial charge is 0.496 e. The molecule has 0 aliphatic heterocycles. The van der Waals surface area contributed by atoms with Crippen molar-refractivity contribution in [3.63, 3.8) is 0 Å². The summed E-state index contributed by atoms with van der Waals surface area (Å²) in [5.41, 5.74) is 1.49. The highest BCUT2D eigenvalue weighted by Crippen LogP contribution is 2.24. The molecule has 4 heteroatoms. The predicted octanol–water partition coefficient (Wildman–Crippen LogP) is 2.55. The molecule has 4 nitrogen and oxygen atoms in total. The third-order valence-corrected chi connectivity index (χ3v) is 2.87. The zero-order valence-corrected chi connectivity index (χ0v) is 10.9. The van der Waals surface area contributed by atoms with Gasteiger partial charge in [0.25, 0.3) is 0 Å². The summed E-state index contributed by atoms with van der Waals surface area (Å²) < 4.78 is 5.15. The fourth-order valence-electron chi connectivity index (χ4n) is 1.79. The van der Waals surface area contributed by atoms with E-state index in [9.17, 15) is 9.59 Å². The van der Waals surface area contributed by atoms with Gasteiger partial charge in [0.2, 0.25) is 0 Å². The predicted molar refractivity (Wildman–Crippen MR) is 68.1 cm³/mol. The molecule has 1 atom stereocenters. The molecule has 0 saturated carbocycles. The van der Waals surface area contributed by atoms with Crippen LogP contribution < -0.4 is 4.74 Å². The topological polar surface area (TPSA) is 63.6 Å². The number of carboxylic acid groups (broad SMARTS) is 1. The third-order valence-electron chi connectivity index (χ3n) is 2.87. The summed E-state index contributed by atoms with van der Waals surface area (Å²) in [7, 11) is 1.50. The molecule has 0 aliphatic carbocycles. The van der Waals surface area contributed by atoms with Gasteiger partial charge in [-0.25, -0.2) is 0 Å². The van der Waals surface area contributed by atoms with Gasteiger partial charge in [0.1, 0.15) is 5.75 Å². The Morgan fingerprint density at radius 1 is 1.39 bits per heavy atom. The Hall–Kier alpha value is -1.84. The maximum Gasteiger partial charge on any atom is 0.304 e. The first-order valence-electron chi connectivity index (χ1n) is 5.92. The number of ether oxygens (including phenoxy) is 1. The highest BCUT2D eigenvalue weighted by Gasteiger charge is 2.21. The fraction of sp³-hybridized carbons (Fsp3) is 0.429. The van der Waals surface area contributed by atoms with Crippen molar-refractivity contribution in [2.24, 2.45) is 5.92 Å². The van der Waals surface area contributed by atoms with E-state index in [-0.39, 0.29) is 12.2 Å². The molecule has 0 fully saturated rings. The van der Waals surface area contributed by atoms with Gasteiger partial charge in [-0.3, -0.25) is 9.59 Å². The third kappa shape index (κ3) is 3.32. The first-order chi connectivity index (χ1) is 8.49. The number of carbonyl (C=O) groups is 2. The molecule has 1 N–H and O–H groups in total. The monoisotopic (exact) mass is 250 g/mol. The zero-order chi connectivity index (χ0) is 13.7. The number of Topliss-reactive ketones (excluding diaryl/α,β-unsaturated/α-hetero) is 1. The number of aryl methyl sites for hydroxylation is 1. The zero-order valence-electron chi connectivity index (χ0n) is 10.9. The van der Waals surface area contributed by atoms with Gasteiger partial charge in [-0.2, -0.15) is 0 Å². The van der Waals surface area contributed by atoms with E-state index in [0.717, 1.165) is 12.0 Å². The lowest BCUT2D eigenvalue weighted by atomic mass is 9.94. The van der Waals surface area contributed by atoms with Gasteiger partial charge in [-0.1, -0.05) is 19.9 Å². The number of hydrogen-bond acceptors (Lipinski definition) is 3. The van der Waals surface area contributed by atoms with Crippen molar-refractivity contribution in [3.8, 4) is 5.75 Å². The van der Waals surface area contributed by atoms with Crippen molar-refractivity contribution in [3.05, 3.63) is 29.3 Å². The van der Waals surface area contributed by atoms with Crippen LogP contribution in [0.2, 0.25) is 0 Å². The highest BCUT2D eigenvalue weighted by atomic mass is 16.5. The van der Waals surface area contributed by atoms with Crippen molar-refractivity contribution in [1.82, 2.24) is 0 Å². The average molecular weight is 250 g/mol. The molecule has 0 amide bonds. The number of rotatable bonds is 6. The van der Waals surface area contributed by atoms with Gasteiger partial charge in [0, 0.05) is 5.92 Å². The van der Waals surface area contributed by atoms with E-state index in [2.05, 4.69) is 0 Å². The Bertz CT molecular complexity index is 451. The summed E-state index contributed by atoms with van der Waals surface area (Å²) >= 11 is 0. The Balaban J connectivity index is 3.05. The normalized spacial score (nSPS) is 11.9. The van der Waals surface area contributed by atoms with Gasteiger partial charge in [0.15, 0.2) is 5.78 Å². The number of benzene rings is 1. The fourth-order valence-corrected chi connectivity index (χ4v) is 1.79. The average Bonchev–Trinajstić information content (AvgIpc) is 2.36.